The SMILES string of the molecule is O=C(Nc1ccc(Cl)nc1)Nc1ccno1. The zero-order valence-electron chi connectivity index (χ0n) is 7.98. The van der Waals surface area contributed by atoms with E-state index in [1.165, 1.54) is 18.5 Å². The fourth-order valence-corrected chi connectivity index (χ4v) is 1.12. The van der Waals surface area contributed by atoms with E-state index in [1.807, 2.05) is 0 Å². The van der Waals surface area contributed by atoms with Gasteiger partial charge in [0.1, 0.15) is 5.15 Å². The van der Waals surface area contributed by atoms with Crippen LogP contribution in [-0.4, -0.2) is 16.2 Å². The molecular formula is C9H7ClN4O2. The summed E-state index contributed by atoms with van der Waals surface area (Å²) in [5, 5.41) is 8.80. The van der Waals surface area contributed by atoms with E-state index in [4.69, 9.17) is 16.1 Å². The largest absolute Gasteiger partial charge is 0.338 e. The van der Waals surface area contributed by atoms with Crippen LogP contribution in [0.4, 0.5) is 16.4 Å². The number of hydrogen-bond donors (Lipinski definition) is 2. The standard InChI is InChI=1S/C9H7ClN4O2/c10-7-2-1-6(5-11-7)13-9(15)14-8-3-4-12-16-8/h1-5H,(H2,13,14,15). The summed E-state index contributed by atoms with van der Waals surface area (Å²) < 4.78 is 4.70. The third kappa shape index (κ3) is 2.71. The van der Waals surface area contributed by atoms with Gasteiger partial charge in [-0.25, -0.2) is 9.78 Å². The van der Waals surface area contributed by atoms with Crippen LogP contribution in [0.1, 0.15) is 0 Å². The Balaban J connectivity index is 1.95. The van der Waals surface area contributed by atoms with Gasteiger partial charge in [-0.2, -0.15) is 0 Å². The van der Waals surface area contributed by atoms with E-state index >= 15 is 0 Å². The molecule has 0 unspecified atom stereocenters. The molecule has 82 valence electrons. The highest BCUT2D eigenvalue weighted by Crippen LogP contribution is 2.10. The lowest BCUT2D eigenvalue weighted by atomic mass is 10.4. The van der Waals surface area contributed by atoms with E-state index in [-0.39, 0.29) is 5.88 Å². The Kier molecular flexibility index (Phi) is 3.02. The van der Waals surface area contributed by atoms with Gasteiger partial charge in [-0.15, -0.1) is 0 Å². The van der Waals surface area contributed by atoms with E-state index in [9.17, 15) is 4.79 Å². The van der Waals surface area contributed by atoms with Crippen LogP contribution in [0, 0.1) is 0 Å². The fourth-order valence-electron chi connectivity index (χ4n) is 1.00. The van der Waals surface area contributed by atoms with Gasteiger partial charge in [0.05, 0.1) is 18.1 Å². The Bertz CT molecular complexity index is 469. The predicted octanol–water partition coefficient (Wildman–Crippen LogP) is 2.37. The molecule has 0 aromatic carbocycles. The molecule has 2 amide bonds. The van der Waals surface area contributed by atoms with E-state index in [0.717, 1.165) is 0 Å². The quantitative estimate of drug-likeness (QED) is 0.787. The number of aromatic nitrogens is 2. The van der Waals surface area contributed by atoms with E-state index < -0.39 is 6.03 Å². The van der Waals surface area contributed by atoms with Crippen LogP contribution in [0.15, 0.2) is 35.1 Å². The molecule has 2 aromatic rings. The number of carbonyl (C=O) groups is 1. The van der Waals surface area contributed by atoms with Gasteiger partial charge in [0.2, 0.25) is 5.88 Å². The fraction of sp³-hybridized carbons (Fsp3) is 0. The Labute approximate surface area is 95.6 Å². The summed E-state index contributed by atoms with van der Waals surface area (Å²) in [4.78, 5) is 15.2. The number of amides is 2. The van der Waals surface area contributed by atoms with Crippen molar-refractivity contribution in [3.8, 4) is 0 Å². The Morgan fingerprint density at radius 3 is 2.81 bits per heavy atom. The summed E-state index contributed by atoms with van der Waals surface area (Å²) in [5.41, 5.74) is 0.529. The second kappa shape index (κ2) is 4.63. The number of pyridine rings is 1. The van der Waals surface area contributed by atoms with Crippen molar-refractivity contribution < 1.29 is 9.32 Å². The van der Waals surface area contributed by atoms with Gasteiger partial charge in [-0.05, 0) is 12.1 Å². The summed E-state index contributed by atoms with van der Waals surface area (Å²) in [6, 6.07) is 4.29. The highest BCUT2D eigenvalue weighted by molar-refractivity contribution is 6.29. The molecule has 2 aromatic heterocycles. The molecule has 6 nitrogen and oxygen atoms in total. The lowest BCUT2D eigenvalue weighted by Crippen LogP contribution is -2.19. The number of halogens is 1. The molecule has 2 heterocycles. The van der Waals surface area contributed by atoms with Gasteiger partial charge < -0.3 is 9.84 Å². The minimum atomic E-state index is -0.444. The zero-order chi connectivity index (χ0) is 11.4. The first-order valence-electron chi connectivity index (χ1n) is 4.34. The Morgan fingerprint density at radius 1 is 1.31 bits per heavy atom. The first-order valence-corrected chi connectivity index (χ1v) is 4.72. The summed E-state index contributed by atoms with van der Waals surface area (Å²) >= 11 is 5.60. The molecule has 0 fully saturated rings. The highest BCUT2D eigenvalue weighted by Gasteiger charge is 2.04. The molecule has 0 saturated heterocycles. The third-order valence-corrected chi connectivity index (χ3v) is 1.88. The van der Waals surface area contributed by atoms with Crippen LogP contribution in [0.25, 0.3) is 0 Å². The average Bonchev–Trinajstić information content (AvgIpc) is 2.74. The maximum Gasteiger partial charge on any atom is 0.326 e. The molecule has 7 heteroatoms. The van der Waals surface area contributed by atoms with Crippen LogP contribution >= 0.6 is 11.6 Å². The number of rotatable bonds is 2. The zero-order valence-corrected chi connectivity index (χ0v) is 8.73. The Hall–Kier alpha value is -2.08. The molecule has 0 saturated carbocycles. The number of carbonyl (C=O) groups excluding carboxylic acids is 1. The number of nitrogens with zero attached hydrogens (tertiary/aromatic N) is 2. The molecule has 2 N–H and O–H groups in total. The van der Waals surface area contributed by atoms with Crippen molar-refractivity contribution in [3.63, 3.8) is 0 Å². The average molecular weight is 239 g/mol. The maximum atomic E-state index is 11.4. The van der Waals surface area contributed by atoms with Gasteiger partial charge in [0.25, 0.3) is 0 Å². The highest BCUT2D eigenvalue weighted by atomic mass is 35.5. The van der Waals surface area contributed by atoms with E-state index in [1.54, 1.807) is 12.1 Å². The van der Waals surface area contributed by atoms with E-state index in [0.29, 0.717) is 10.8 Å². The van der Waals surface area contributed by atoms with Gasteiger partial charge >= 0.3 is 6.03 Å². The predicted molar refractivity (Wildman–Crippen MR) is 58.4 cm³/mol. The summed E-state index contributed by atoms with van der Waals surface area (Å²) in [6.45, 7) is 0. The van der Waals surface area contributed by atoms with E-state index in [2.05, 4.69) is 20.8 Å². The number of hydrogen-bond acceptors (Lipinski definition) is 4. The molecule has 0 atom stereocenters. The molecule has 0 aliphatic heterocycles. The van der Waals surface area contributed by atoms with Crippen LogP contribution < -0.4 is 10.6 Å². The summed E-state index contributed by atoms with van der Waals surface area (Å²) in [7, 11) is 0. The lowest BCUT2D eigenvalue weighted by molar-refractivity contribution is 0.261. The molecule has 0 aliphatic rings. The van der Waals surface area contributed by atoms with Crippen molar-refractivity contribution in [1.82, 2.24) is 10.1 Å². The summed E-state index contributed by atoms with van der Waals surface area (Å²) in [5.74, 6) is 0.263. The van der Waals surface area contributed by atoms with Crippen molar-refractivity contribution in [2.45, 2.75) is 0 Å². The normalized spacial score (nSPS) is 9.81. The Morgan fingerprint density at radius 2 is 2.19 bits per heavy atom. The van der Waals surface area contributed by atoms with Gasteiger partial charge in [-0.3, -0.25) is 5.32 Å². The van der Waals surface area contributed by atoms with Gasteiger partial charge in [0.15, 0.2) is 0 Å². The topological polar surface area (TPSA) is 80.0 Å². The van der Waals surface area contributed by atoms with Crippen molar-refractivity contribution >= 4 is 29.2 Å². The molecule has 0 spiro atoms. The molecule has 16 heavy (non-hydrogen) atoms. The maximum absolute atomic E-state index is 11.4. The van der Waals surface area contributed by atoms with Crippen LogP contribution in [0.2, 0.25) is 5.15 Å². The van der Waals surface area contributed by atoms with Crippen molar-refractivity contribution in [3.05, 3.63) is 35.7 Å². The molecule has 0 bridgehead atoms. The minimum absolute atomic E-state index is 0.263. The van der Waals surface area contributed by atoms with Gasteiger partial charge in [-0.1, -0.05) is 16.8 Å². The second-order valence-corrected chi connectivity index (χ2v) is 3.21. The van der Waals surface area contributed by atoms with Crippen molar-refractivity contribution in [2.24, 2.45) is 0 Å². The lowest BCUT2D eigenvalue weighted by Gasteiger charge is -2.03. The number of urea groups is 1. The molecule has 0 radical (unpaired) electrons. The third-order valence-electron chi connectivity index (χ3n) is 1.66. The minimum Gasteiger partial charge on any atom is -0.338 e. The van der Waals surface area contributed by atoms with Gasteiger partial charge in [0, 0.05) is 6.07 Å². The monoisotopic (exact) mass is 238 g/mol. The smallest absolute Gasteiger partial charge is 0.326 e. The molecule has 0 aliphatic carbocycles. The van der Waals surface area contributed by atoms with Crippen LogP contribution in [-0.2, 0) is 0 Å². The van der Waals surface area contributed by atoms with Crippen molar-refractivity contribution in [1.29, 1.82) is 0 Å². The number of anilines is 2. The first kappa shape index (κ1) is 10.4. The molecular weight excluding hydrogens is 232 g/mol. The number of nitrogens with one attached hydrogen (secondary N) is 2. The second-order valence-electron chi connectivity index (χ2n) is 2.83. The van der Waals surface area contributed by atoms with Crippen LogP contribution in [0.5, 0.6) is 0 Å². The van der Waals surface area contributed by atoms with Crippen molar-refractivity contribution in [2.75, 3.05) is 10.6 Å². The first-order chi connectivity index (χ1) is 7.74. The summed E-state index contributed by atoms with van der Waals surface area (Å²) in [6.07, 6.45) is 2.88. The molecule has 2 rings (SSSR count). The van der Waals surface area contributed by atoms with Crippen LogP contribution in [0.3, 0.4) is 0 Å².